The lowest BCUT2D eigenvalue weighted by Gasteiger charge is -2.17. The van der Waals surface area contributed by atoms with E-state index in [4.69, 9.17) is 5.26 Å². The minimum absolute atomic E-state index is 0.195. The molecule has 2 rings (SSSR count). The quantitative estimate of drug-likeness (QED) is 0.931. The standard InChI is InChI=1S/C14H16BrN3O/c1-2-14(19)18-6-5-12(9-18)17-13-4-3-11(15)7-10(13)8-16/h3-4,7,12,17H,2,5-6,9H2,1H3. The molecule has 1 saturated heterocycles. The Bertz CT molecular complexity index is 524. The minimum atomic E-state index is 0.195. The Labute approximate surface area is 121 Å². The molecule has 4 nitrogen and oxygen atoms in total. The number of hydrogen-bond acceptors (Lipinski definition) is 3. The molecule has 0 aromatic heterocycles. The van der Waals surface area contributed by atoms with Gasteiger partial charge in [-0.15, -0.1) is 0 Å². The summed E-state index contributed by atoms with van der Waals surface area (Å²) >= 11 is 3.36. The molecule has 0 aliphatic carbocycles. The molecule has 1 aliphatic heterocycles. The summed E-state index contributed by atoms with van der Waals surface area (Å²) in [6, 6.07) is 8.01. The van der Waals surface area contributed by atoms with Crippen molar-refractivity contribution in [2.24, 2.45) is 0 Å². The Balaban J connectivity index is 2.04. The van der Waals surface area contributed by atoms with Gasteiger partial charge in [0.05, 0.1) is 11.3 Å². The van der Waals surface area contributed by atoms with Crippen LogP contribution in [0.25, 0.3) is 0 Å². The van der Waals surface area contributed by atoms with Crippen LogP contribution in [0.2, 0.25) is 0 Å². The summed E-state index contributed by atoms with van der Waals surface area (Å²) in [4.78, 5) is 13.5. The van der Waals surface area contributed by atoms with E-state index in [0.717, 1.165) is 23.1 Å². The van der Waals surface area contributed by atoms with Gasteiger partial charge in [0.2, 0.25) is 5.91 Å². The van der Waals surface area contributed by atoms with Gasteiger partial charge in [-0.1, -0.05) is 22.9 Å². The summed E-state index contributed by atoms with van der Waals surface area (Å²) in [5.41, 5.74) is 1.45. The summed E-state index contributed by atoms with van der Waals surface area (Å²) in [5, 5.41) is 12.5. The molecule has 5 heteroatoms. The van der Waals surface area contributed by atoms with Crippen LogP contribution in [-0.4, -0.2) is 29.9 Å². The fourth-order valence-corrected chi connectivity index (χ4v) is 2.64. The second-order valence-electron chi connectivity index (χ2n) is 4.62. The predicted octanol–water partition coefficient (Wildman–Crippen LogP) is 2.74. The van der Waals surface area contributed by atoms with Gasteiger partial charge >= 0.3 is 0 Å². The third kappa shape index (κ3) is 3.27. The van der Waals surface area contributed by atoms with Crippen molar-refractivity contribution in [2.45, 2.75) is 25.8 Å². The molecule has 1 aliphatic rings. The normalized spacial score (nSPS) is 18.2. The van der Waals surface area contributed by atoms with Crippen LogP contribution in [0.3, 0.4) is 0 Å². The number of benzene rings is 1. The van der Waals surface area contributed by atoms with Crippen LogP contribution in [0.15, 0.2) is 22.7 Å². The van der Waals surface area contributed by atoms with Crippen LogP contribution in [0, 0.1) is 11.3 Å². The highest BCUT2D eigenvalue weighted by molar-refractivity contribution is 9.10. The van der Waals surface area contributed by atoms with E-state index in [2.05, 4.69) is 27.3 Å². The maximum absolute atomic E-state index is 11.6. The number of likely N-dealkylation sites (tertiary alicyclic amines) is 1. The first kappa shape index (κ1) is 13.9. The zero-order valence-corrected chi connectivity index (χ0v) is 12.4. The average molecular weight is 322 g/mol. The van der Waals surface area contributed by atoms with Crippen molar-refractivity contribution in [1.82, 2.24) is 4.90 Å². The topological polar surface area (TPSA) is 56.1 Å². The minimum Gasteiger partial charge on any atom is -0.379 e. The molecule has 19 heavy (non-hydrogen) atoms. The van der Waals surface area contributed by atoms with E-state index in [0.29, 0.717) is 18.5 Å². The molecular weight excluding hydrogens is 306 g/mol. The number of hydrogen-bond donors (Lipinski definition) is 1. The van der Waals surface area contributed by atoms with Crippen LogP contribution < -0.4 is 5.32 Å². The van der Waals surface area contributed by atoms with Gasteiger partial charge in [-0.25, -0.2) is 0 Å². The van der Waals surface area contributed by atoms with Gasteiger partial charge in [-0.05, 0) is 24.6 Å². The third-order valence-electron chi connectivity index (χ3n) is 3.31. The summed E-state index contributed by atoms with van der Waals surface area (Å²) in [7, 11) is 0. The van der Waals surface area contributed by atoms with Gasteiger partial charge in [0.25, 0.3) is 0 Å². The highest BCUT2D eigenvalue weighted by Gasteiger charge is 2.25. The zero-order chi connectivity index (χ0) is 13.8. The van der Waals surface area contributed by atoms with Gasteiger partial charge in [0, 0.05) is 30.0 Å². The van der Waals surface area contributed by atoms with E-state index in [1.54, 1.807) is 6.07 Å². The summed E-state index contributed by atoms with van der Waals surface area (Å²) in [5.74, 6) is 0.195. The van der Waals surface area contributed by atoms with Crippen molar-refractivity contribution in [3.05, 3.63) is 28.2 Å². The predicted molar refractivity (Wildman–Crippen MR) is 77.8 cm³/mol. The molecule has 0 saturated carbocycles. The van der Waals surface area contributed by atoms with Crippen molar-refractivity contribution in [3.8, 4) is 6.07 Å². The van der Waals surface area contributed by atoms with Gasteiger partial charge < -0.3 is 10.2 Å². The molecule has 1 atom stereocenters. The Morgan fingerprint density at radius 2 is 2.42 bits per heavy atom. The third-order valence-corrected chi connectivity index (χ3v) is 3.80. The molecular formula is C14H16BrN3O. The molecule has 100 valence electrons. The van der Waals surface area contributed by atoms with E-state index in [-0.39, 0.29) is 11.9 Å². The molecule has 1 heterocycles. The molecule has 1 amide bonds. The Morgan fingerprint density at radius 1 is 1.63 bits per heavy atom. The maximum Gasteiger partial charge on any atom is 0.222 e. The van der Waals surface area contributed by atoms with E-state index in [1.165, 1.54) is 0 Å². The molecule has 1 aromatic carbocycles. The van der Waals surface area contributed by atoms with Gasteiger partial charge in [0.1, 0.15) is 6.07 Å². The number of halogens is 1. The zero-order valence-electron chi connectivity index (χ0n) is 10.8. The first-order valence-corrected chi connectivity index (χ1v) is 7.17. The monoisotopic (exact) mass is 321 g/mol. The summed E-state index contributed by atoms with van der Waals surface area (Å²) in [6.45, 7) is 3.39. The second-order valence-corrected chi connectivity index (χ2v) is 5.54. The lowest BCUT2D eigenvalue weighted by atomic mass is 10.1. The fraction of sp³-hybridized carbons (Fsp3) is 0.429. The highest BCUT2D eigenvalue weighted by Crippen LogP contribution is 2.23. The molecule has 1 N–H and O–H groups in total. The molecule has 1 aromatic rings. The van der Waals surface area contributed by atoms with Crippen LogP contribution in [0.5, 0.6) is 0 Å². The molecule has 0 bridgehead atoms. The summed E-state index contributed by atoms with van der Waals surface area (Å²) in [6.07, 6.45) is 1.47. The van der Waals surface area contributed by atoms with Crippen LogP contribution in [0.1, 0.15) is 25.3 Å². The van der Waals surface area contributed by atoms with Crippen molar-refractivity contribution in [2.75, 3.05) is 18.4 Å². The Kier molecular flexibility index (Phi) is 4.43. The van der Waals surface area contributed by atoms with Crippen molar-refractivity contribution in [1.29, 1.82) is 5.26 Å². The number of nitrogens with zero attached hydrogens (tertiary/aromatic N) is 2. The van der Waals surface area contributed by atoms with Crippen LogP contribution in [-0.2, 0) is 4.79 Å². The second kappa shape index (κ2) is 6.07. The number of carbonyl (C=O) groups excluding carboxylic acids is 1. The first-order valence-electron chi connectivity index (χ1n) is 6.38. The van der Waals surface area contributed by atoms with Crippen molar-refractivity contribution < 1.29 is 4.79 Å². The Morgan fingerprint density at radius 3 is 3.11 bits per heavy atom. The summed E-state index contributed by atoms with van der Waals surface area (Å²) < 4.78 is 0.892. The van der Waals surface area contributed by atoms with E-state index in [1.807, 2.05) is 24.0 Å². The fourth-order valence-electron chi connectivity index (χ4n) is 2.28. The largest absolute Gasteiger partial charge is 0.379 e. The number of nitriles is 1. The highest BCUT2D eigenvalue weighted by atomic mass is 79.9. The SMILES string of the molecule is CCC(=O)N1CCC(Nc2ccc(Br)cc2C#N)C1. The Hall–Kier alpha value is -1.54. The van der Waals surface area contributed by atoms with Crippen molar-refractivity contribution >= 4 is 27.5 Å². The number of rotatable bonds is 3. The number of amides is 1. The van der Waals surface area contributed by atoms with Gasteiger partial charge in [-0.3, -0.25) is 4.79 Å². The number of anilines is 1. The van der Waals surface area contributed by atoms with E-state index in [9.17, 15) is 4.79 Å². The molecule has 1 unspecified atom stereocenters. The lowest BCUT2D eigenvalue weighted by molar-refractivity contribution is -0.129. The smallest absolute Gasteiger partial charge is 0.222 e. The maximum atomic E-state index is 11.6. The molecule has 0 radical (unpaired) electrons. The van der Waals surface area contributed by atoms with E-state index >= 15 is 0 Å². The van der Waals surface area contributed by atoms with E-state index < -0.39 is 0 Å². The molecule has 1 fully saturated rings. The van der Waals surface area contributed by atoms with Crippen LogP contribution in [0.4, 0.5) is 5.69 Å². The number of carbonyl (C=O) groups is 1. The van der Waals surface area contributed by atoms with Gasteiger partial charge in [-0.2, -0.15) is 5.26 Å². The number of nitrogens with one attached hydrogen (secondary N) is 1. The average Bonchev–Trinajstić information content (AvgIpc) is 2.88. The lowest BCUT2D eigenvalue weighted by Crippen LogP contribution is -2.31. The first-order chi connectivity index (χ1) is 9.13. The van der Waals surface area contributed by atoms with Crippen LogP contribution >= 0.6 is 15.9 Å². The molecule has 0 spiro atoms. The van der Waals surface area contributed by atoms with Crippen molar-refractivity contribution in [3.63, 3.8) is 0 Å². The van der Waals surface area contributed by atoms with Gasteiger partial charge in [0.15, 0.2) is 0 Å².